The summed E-state index contributed by atoms with van der Waals surface area (Å²) >= 11 is 0. The smallest absolute Gasteiger partial charge is 0.256 e. The Morgan fingerprint density at radius 3 is 2.95 bits per heavy atom. The maximum absolute atomic E-state index is 12.5. The molecule has 2 aliphatic heterocycles. The van der Waals surface area contributed by atoms with Crippen molar-refractivity contribution in [3.63, 3.8) is 0 Å². The number of imidazole rings is 1. The fraction of sp³-hybridized carbons (Fsp3) is 0.214. The zero-order valence-corrected chi connectivity index (χ0v) is 10.1. The molecule has 2 aromatic rings. The molecule has 1 aromatic heterocycles. The summed E-state index contributed by atoms with van der Waals surface area (Å²) in [4.78, 5) is 18.5. The SMILES string of the molecule is N#Cc1ncn2c1[C@@H]1CCN1C(=O)c1ccccc1-2. The molecule has 5 nitrogen and oxygen atoms in total. The summed E-state index contributed by atoms with van der Waals surface area (Å²) in [6.07, 6.45) is 2.53. The molecule has 5 heteroatoms. The van der Waals surface area contributed by atoms with Crippen molar-refractivity contribution in [3.8, 4) is 11.8 Å². The van der Waals surface area contributed by atoms with Crippen LogP contribution in [0, 0.1) is 11.3 Å². The van der Waals surface area contributed by atoms with E-state index >= 15 is 0 Å². The van der Waals surface area contributed by atoms with Gasteiger partial charge in [0, 0.05) is 6.54 Å². The molecule has 0 spiro atoms. The monoisotopic (exact) mass is 250 g/mol. The summed E-state index contributed by atoms with van der Waals surface area (Å²) < 4.78 is 1.88. The Balaban J connectivity index is 2.07. The highest BCUT2D eigenvalue weighted by Gasteiger charge is 2.41. The second kappa shape index (κ2) is 3.45. The maximum atomic E-state index is 12.5. The van der Waals surface area contributed by atoms with Gasteiger partial charge >= 0.3 is 0 Å². The van der Waals surface area contributed by atoms with Gasteiger partial charge in [0.15, 0.2) is 5.69 Å². The summed E-state index contributed by atoms with van der Waals surface area (Å²) in [5.41, 5.74) is 2.74. The van der Waals surface area contributed by atoms with Gasteiger partial charge in [-0.1, -0.05) is 12.1 Å². The first kappa shape index (κ1) is 10.3. The summed E-state index contributed by atoms with van der Waals surface area (Å²) in [6.45, 7) is 0.744. The molecule has 0 N–H and O–H groups in total. The van der Waals surface area contributed by atoms with Gasteiger partial charge in [-0.2, -0.15) is 5.26 Å². The fourth-order valence-electron chi connectivity index (χ4n) is 2.89. The van der Waals surface area contributed by atoms with E-state index in [-0.39, 0.29) is 11.9 Å². The zero-order valence-electron chi connectivity index (χ0n) is 10.1. The Labute approximate surface area is 109 Å². The highest BCUT2D eigenvalue weighted by Crippen LogP contribution is 2.40. The van der Waals surface area contributed by atoms with Crippen molar-refractivity contribution in [3.05, 3.63) is 47.5 Å². The lowest BCUT2D eigenvalue weighted by atomic mass is 9.98. The number of hydrogen-bond acceptors (Lipinski definition) is 3. The molecule has 19 heavy (non-hydrogen) atoms. The molecule has 0 radical (unpaired) electrons. The van der Waals surface area contributed by atoms with E-state index in [1.807, 2.05) is 33.7 Å². The van der Waals surface area contributed by atoms with E-state index in [0.717, 1.165) is 24.3 Å². The molecule has 3 heterocycles. The van der Waals surface area contributed by atoms with Crippen LogP contribution in [-0.2, 0) is 0 Å². The van der Waals surface area contributed by atoms with Crippen LogP contribution in [-0.4, -0.2) is 26.9 Å². The van der Waals surface area contributed by atoms with E-state index in [4.69, 9.17) is 0 Å². The molecule has 1 aromatic carbocycles. The van der Waals surface area contributed by atoms with Crippen molar-refractivity contribution < 1.29 is 4.79 Å². The highest BCUT2D eigenvalue weighted by molar-refractivity contribution is 5.99. The van der Waals surface area contributed by atoms with Gasteiger partial charge in [-0.25, -0.2) is 4.98 Å². The predicted octanol–water partition coefficient (Wildman–Crippen LogP) is 1.64. The number of fused-ring (bicyclic) bond motifs is 5. The second-order valence-corrected chi connectivity index (χ2v) is 4.78. The number of carbonyl (C=O) groups excluding carboxylic acids is 1. The minimum atomic E-state index is -0.0166. The van der Waals surface area contributed by atoms with Gasteiger partial charge in [-0.05, 0) is 18.6 Å². The predicted molar refractivity (Wildman–Crippen MR) is 66.7 cm³/mol. The van der Waals surface area contributed by atoms with Crippen molar-refractivity contribution in [1.29, 1.82) is 5.26 Å². The summed E-state index contributed by atoms with van der Waals surface area (Å²) in [5.74, 6) is 0.0411. The molecular formula is C14H10N4O. The number of nitrogens with zero attached hydrogens (tertiary/aromatic N) is 4. The molecule has 2 aliphatic rings. The van der Waals surface area contributed by atoms with Crippen LogP contribution < -0.4 is 0 Å². The third kappa shape index (κ3) is 1.18. The van der Waals surface area contributed by atoms with Gasteiger partial charge in [-0.15, -0.1) is 0 Å². The van der Waals surface area contributed by atoms with Crippen molar-refractivity contribution in [2.24, 2.45) is 0 Å². The first-order valence-electron chi connectivity index (χ1n) is 6.19. The van der Waals surface area contributed by atoms with E-state index in [0.29, 0.717) is 11.3 Å². The van der Waals surface area contributed by atoms with Gasteiger partial charge in [0.2, 0.25) is 0 Å². The molecule has 0 unspecified atom stereocenters. The molecule has 4 rings (SSSR count). The molecule has 1 amide bonds. The van der Waals surface area contributed by atoms with Crippen molar-refractivity contribution in [1.82, 2.24) is 14.5 Å². The molecule has 92 valence electrons. The maximum Gasteiger partial charge on any atom is 0.256 e. The van der Waals surface area contributed by atoms with E-state index in [1.165, 1.54) is 0 Å². The third-order valence-electron chi connectivity index (χ3n) is 3.90. The number of para-hydroxylation sites is 1. The van der Waals surface area contributed by atoms with Crippen LogP contribution in [0.5, 0.6) is 0 Å². The largest absolute Gasteiger partial charge is 0.330 e. The highest BCUT2D eigenvalue weighted by atomic mass is 16.2. The summed E-state index contributed by atoms with van der Waals surface area (Å²) in [6, 6.07) is 9.58. The van der Waals surface area contributed by atoms with E-state index in [9.17, 15) is 10.1 Å². The van der Waals surface area contributed by atoms with Crippen molar-refractivity contribution in [2.75, 3.05) is 6.54 Å². The molecule has 1 fully saturated rings. The molecule has 1 atom stereocenters. The van der Waals surface area contributed by atoms with Crippen LogP contribution in [0.15, 0.2) is 30.6 Å². The van der Waals surface area contributed by atoms with E-state index in [1.54, 1.807) is 6.33 Å². The number of amides is 1. The molecular weight excluding hydrogens is 240 g/mol. The van der Waals surface area contributed by atoms with E-state index in [2.05, 4.69) is 11.1 Å². The number of carbonyl (C=O) groups is 1. The van der Waals surface area contributed by atoms with Crippen LogP contribution >= 0.6 is 0 Å². The molecule has 0 bridgehead atoms. The molecule has 0 saturated carbocycles. The Hall–Kier alpha value is -2.61. The van der Waals surface area contributed by atoms with Gasteiger partial charge in [0.1, 0.15) is 12.4 Å². The van der Waals surface area contributed by atoms with Crippen LogP contribution in [0.4, 0.5) is 0 Å². The minimum absolute atomic E-state index is 0.0166. The van der Waals surface area contributed by atoms with Crippen LogP contribution in [0.2, 0.25) is 0 Å². The second-order valence-electron chi connectivity index (χ2n) is 4.78. The Morgan fingerprint density at radius 2 is 2.21 bits per heavy atom. The first-order chi connectivity index (χ1) is 9.31. The lowest BCUT2D eigenvalue weighted by Crippen LogP contribution is -2.44. The van der Waals surface area contributed by atoms with Crippen LogP contribution in [0.1, 0.15) is 34.2 Å². The average molecular weight is 250 g/mol. The quantitative estimate of drug-likeness (QED) is 0.714. The number of hydrogen-bond donors (Lipinski definition) is 0. The Morgan fingerprint density at radius 1 is 1.37 bits per heavy atom. The lowest BCUT2D eigenvalue weighted by Gasteiger charge is -2.39. The topological polar surface area (TPSA) is 61.9 Å². The van der Waals surface area contributed by atoms with Gasteiger partial charge in [0.25, 0.3) is 5.91 Å². The number of nitriles is 1. The van der Waals surface area contributed by atoms with Crippen LogP contribution in [0.25, 0.3) is 5.69 Å². The summed E-state index contributed by atoms with van der Waals surface area (Å²) in [5, 5.41) is 9.19. The lowest BCUT2D eigenvalue weighted by molar-refractivity contribution is 0.0460. The number of aromatic nitrogens is 2. The minimum Gasteiger partial charge on any atom is -0.330 e. The van der Waals surface area contributed by atoms with Gasteiger partial charge in [0.05, 0.1) is 23.0 Å². The van der Waals surface area contributed by atoms with E-state index < -0.39 is 0 Å². The molecule has 1 saturated heterocycles. The van der Waals surface area contributed by atoms with Crippen molar-refractivity contribution >= 4 is 5.91 Å². The molecule has 0 aliphatic carbocycles. The number of benzene rings is 1. The summed E-state index contributed by atoms with van der Waals surface area (Å²) in [7, 11) is 0. The third-order valence-corrected chi connectivity index (χ3v) is 3.90. The Bertz CT molecular complexity index is 740. The number of rotatable bonds is 0. The first-order valence-corrected chi connectivity index (χ1v) is 6.19. The van der Waals surface area contributed by atoms with Crippen LogP contribution in [0.3, 0.4) is 0 Å². The van der Waals surface area contributed by atoms with Gasteiger partial charge < -0.3 is 4.90 Å². The standard InChI is InChI=1S/C14H10N4O/c15-7-10-13-12-5-6-17(12)14(19)9-3-1-2-4-11(9)18(13)8-16-10/h1-4,8,12H,5-6H2/t12-/m0/s1. The fourth-order valence-corrected chi connectivity index (χ4v) is 2.89. The Kier molecular flexibility index (Phi) is 1.88. The normalized spacial score (nSPS) is 19.6. The zero-order chi connectivity index (χ0) is 13.0. The van der Waals surface area contributed by atoms with Gasteiger partial charge in [-0.3, -0.25) is 9.36 Å². The van der Waals surface area contributed by atoms with Crippen molar-refractivity contribution in [2.45, 2.75) is 12.5 Å². The average Bonchev–Trinajstić information content (AvgIpc) is 2.78.